The Balaban J connectivity index is 1.79. The van der Waals surface area contributed by atoms with E-state index < -0.39 is 0 Å². The fraction of sp³-hybridized carbons (Fsp3) is 0.500. The van der Waals surface area contributed by atoms with Gasteiger partial charge in [-0.05, 0) is 30.9 Å². The molecule has 0 bridgehead atoms. The highest BCUT2D eigenvalue weighted by Crippen LogP contribution is 2.24. The zero-order valence-corrected chi connectivity index (χ0v) is 10.6. The van der Waals surface area contributed by atoms with Crippen molar-refractivity contribution < 1.29 is 9.53 Å². The number of hydrogen-bond donors (Lipinski definition) is 0. The van der Waals surface area contributed by atoms with Gasteiger partial charge in [-0.3, -0.25) is 4.79 Å². The van der Waals surface area contributed by atoms with Gasteiger partial charge in [-0.15, -0.1) is 0 Å². The first-order chi connectivity index (χ1) is 8.27. The molecule has 0 heterocycles. The maximum Gasteiger partial charge on any atom is 0.189 e. The van der Waals surface area contributed by atoms with Gasteiger partial charge < -0.3 is 4.74 Å². The highest BCUT2D eigenvalue weighted by atomic mass is 35.5. The first-order valence-electron chi connectivity index (χ1n) is 6.13. The summed E-state index contributed by atoms with van der Waals surface area (Å²) in [7, 11) is 0. The summed E-state index contributed by atoms with van der Waals surface area (Å²) >= 11 is 5.95. The number of hydrogen-bond acceptors (Lipinski definition) is 2. The molecule has 0 amide bonds. The van der Waals surface area contributed by atoms with Gasteiger partial charge in [0.05, 0.1) is 11.6 Å². The van der Waals surface area contributed by atoms with Crippen LogP contribution in [0.2, 0.25) is 5.02 Å². The molecule has 0 aliphatic heterocycles. The summed E-state index contributed by atoms with van der Waals surface area (Å²) in [5.74, 6) is 0.614. The molecule has 0 atom stereocenters. The molecule has 2 rings (SSSR count). The standard InChI is InChI=1S/C14H17ClO2/c15-13-8-4-3-7-12(13)14(16)10-17-9-11-5-1-2-6-11/h3-4,7-8,11H,1-2,5-6,9-10H2. The van der Waals surface area contributed by atoms with Gasteiger partial charge in [0.2, 0.25) is 0 Å². The van der Waals surface area contributed by atoms with Gasteiger partial charge in [0.1, 0.15) is 6.61 Å². The Bertz CT molecular complexity index is 384. The molecule has 2 nitrogen and oxygen atoms in total. The molecule has 1 aromatic carbocycles. The average molecular weight is 253 g/mol. The van der Waals surface area contributed by atoms with Gasteiger partial charge >= 0.3 is 0 Å². The number of benzene rings is 1. The number of ketones is 1. The molecule has 1 aromatic rings. The minimum absolute atomic E-state index is 0.0337. The Labute approximate surface area is 107 Å². The van der Waals surface area contributed by atoms with Crippen LogP contribution in [-0.4, -0.2) is 19.0 Å². The molecule has 1 fully saturated rings. The highest BCUT2D eigenvalue weighted by Gasteiger charge is 2.16. The predicted molar refractivity (Wildman–Crippen MR) is 68.6 cm³/mol. The molecule has 3 heteroatoms. The summed E-state index contributed by atoms with van der Waals surface area (Å²) in [5.41, 5.74) is 0.556. The van der Waals surface area contributed by atoms with E-state index in [1.165, 1.54) is 25.7 Å². The molecule has 92 valence electrons. The summed E-state index contributed by atoms with van der Waals surface area (Å²) < 4.78 is 5.48. The topological polar surface area (TPSA) is 26.3 Å². The zero-order valence-electron chi connectivity index (χ0n) is 9.82. The molecule has 1 saturated carbocycles. The molecule has 0 radical (unpaired) electrons. The predicted octanol–water partition coefficient (Wildman–Crippen LogP) is 3.73. The van der Waals surface area contributed by atoms with Crippen LogP contribution in [0.15, 0.2) is 24.3 Å². The van der Waals surface area contributed by atoms with Crippen molar-refractivity contribution >= 4 is 17.4 Å². The molecule has 1 aliphatic rings. The van der Waals surface area contributed by atoms with Gasteiger partial charge in [-0.2, -0.15) is 0 Å². The lowest BCUT2D eigenvalue weighted by Crippen LogP contribution is -2.13. The molecule has 0 N–H and O–H groups in total. The Hall–Kier alpha value is -0.860. The van der Waals surface area contributed by atoms with Crippen LogP contribution in [0.5, 0.6) is 0 Å². The number of ether oxygens (including phenoxy) is 1. The monoisotopic (exact) mass is 252 g/mol. The van der Waals surface area contributed by atoms with E-state index >= 15 is 0 Å². The van der Waals surface area contributed by atoms with E-state index in [0.717, 1.165) is 0 Å². The maximum atomic E-state index is 11.8. The average Bonchev–Trinajstić information content (AvgIpc) is 2.82. The molecular formula is C14H17ClO2. The zero-order chi connectivity index (χ0) is 12.1. The van der Waals surface area contributed by atoms with Crippen molar-refractivity contribution in [2.24, 2.45) is 5.92 Å². The van der Waals surface area contributed by atoms with Crippen molar-refractivity contribution in [1.82, 2.24) is 0 Å². The number of Topliss-reactive ketones (excluding diaryl/α,β-unsaturated/α-hetero) is 1. The largest absolute Gasteiger partial charge is 0.373 e. The second kappa shape index (κ2) is 6.18. The molecule has 0 unspecified atom stereocenters. The smallest absolute Gasteiger partial charge is 0.189 e. The van der Waals surface area contributed by atoms with Crippen molar-refractivity contribution in [2.75, 3.05) is 13.2 Å². The molecular weight excluding hydrogens is 236 g/mol. The van der Waals surface area contributed by atoms with E-state index in [4.69, 9.17) is 16.3 Å². The summed E-state index contributed by atoms with van der Waals surface area (Å²) in [6.07, 6.45) is 5.07. The number of rotatable bonds is 5. The second-order valence-corrected chi connectivity index (χ2v) is 4.98. The second-order valence-electron chi connectivity index (χ2n) is 4.57. The molecule has 17 heavy (non-hydrogen) atoms. The van der Waals surface area contributed by atoms with E-state index in [0.29, 0.717) is 23.1 Å². The summed E-state index contributed by atoms with van der Waals surface area (Å²) in [6.45, 7) is 0.844. The molecule has 1 aliphatic carbocycles. The third-order valence-electron chi connectivity index (χ3n) is 3.24. The van der Waals surface area contributed by atoms with E-state index in [2.05, 4.69) is 0 Å². The fourth-order valence-corrected chi connectivity index (χ4v) is 2.50. The van der Waals surface area contributed by atoms with Crippen LogP contribution >= 0.6 is 11.6 Å². The lowest BCUT2D eigenvalue weighted by Gasteiger charge is -2.09. The minimum atomic E-state index is -0.0337. The third kappa shape index (κ3) is 3.55. The van der Waals surface area contributed by atoms with Gasteiger partial charge in [0.15, 0.2) is 5.78 Å². The first kappa shape index (κ1) is 12.6. The highest BCUT2D eigenvalue weighted by molar-refractivity contribution is 6.34. The molecule has 0 aromatic heterocycles. The van der Waals surface area contributed by atoms with Crippen LogP contribution in [0.25, 0.3) is 0 Å². The van der Waals surface area contributed by atoms with Crippen LogP contribution in [0.3, 0.4) is 0 Å². The number of carbonyl (C=O) groups excluding carboxylic acids is 1. The Morgan fingerprint density at radius 1 is 1.29 bits per heavy atom. The Morgan fingerprint density at radius 2 is 2.00 bits per heavy atom. The number of halogens is 1. The first-order valence-corrected chi connectivity index (χ1v) is 6.50. The Kier molecular flexibility index (Phi) is 4.57. The van der Waals surface area contributed by atoms with Crippen LogP contribution in [0.4, 0.5) is 0 Å². The van der Waals surface area contributed by atoms with Crippen LogP contribution < -0.4 is 0 Å². The molecule has 0 spiro atoms. The SMILES string of the molecule is O=C(COCC1CCCC1)c1ccccc1Cl. The fourth-order valence-electron chi connectivity index (χ4n) is 2.26. The van der Waals surface area contributed by atoms with Gasteiger partial charge in [0.25, 0.3) is 0 Å². The summed E-state index contributed by atoms with van der Waals surface area (Å²) in [5, 5.41) is 0.502. The van der Waals surface area contributed by atoms with E-state index in [9.17, 15) is 4.79 Å². The van der Waals surface area contributed by atoms with Crippen LogP contribution in [0, 0.1) is 5.92 Å². The van der Waals surface area contributed by atoms with Crippen molar-refractivity contribution in [3.8, 4) is 0 Å². The van der Waals surface area contributed by atoms with E-state index in [1.807, 2.05) is 12.1 Å². The van der Waals surface area contributed by atoms with Gasteiger partial charge in [-0.25, -0.2) is 0 Å². The Morgan fingerprint density at radius 3 is 2.71 bits per heavy atom. The lowest BCUT2D eigenvalue weighted by atomic mass is 10.1. The van der Waals surface area contributed by atoms with Crippen molar-refractivity contribution in [3.63, 3.8) is 0 Å². The number of carbonyl (C=O) groups is 1. The normalized spacial score (nSPS) is 16.3. The molecule has 0 saturated heterocycles. The maximum absolute atomic E-state index is 11.8. The quantitative estimate of drug-likeness (QED) is 0.747. The van der Waals surface area contributed by atoms with Crippen molar-refractivity contribution in [1.29, 1.82) is 0 Å². The van der Waals surface area contributed by atoms with Gasteiger partial charge in [0, 0.05) is 5.56 Å². The summed E-state index contributed by atoms with van der Waals surface area (Å²) in [6, 6.07) is 7.10. The van der Waals surface area contributed by atoms with E-state index in [-0.39, 0.29) is 12.4 Å². The lowest BCUT2D eigenvalue weighted by molar-refractivity contribution is 0.0681. The summed E-state index contributed by atoms with van der Waals surface area (Å²) in [4.78, 5) is 11.8. The van der Waals surface area contributed by atoms with Crippen LogP contribution in [0.1, 0.15) is 36.0 Å². The van der Waals surface area contributed by atoms with Crippen LogP contribution in [-0.2, 0) is 4.74 Å². The minimum Gasteiger partial charge on any atom is -0.373 e. The van der Waals surface area contributed by atoms with E-state index in [1.54, 1.807) is 12.1 Å². The van der Waals surface area contributed by atoms with Crippen molar-refractivity contribution in [2.45, 2.75) is 25.7 Å². The van der Waals surface area contributed by atoms with Crippen molar-refractivity contribution in [3.05, 3.63) is 34.9 Å². The van der Waals surface area contributed by atoms with Gasteiger partial charge in [-0.1, -0.05) is 36.6 Å². The third-order valence-corrected chi connectivity index (χ3v) is 3.57.